The van der Waals surface area contributed by atoms with Crippen LogP contribution >= 0.6 is 0 Å². The molecule has 0 aliphatic carbocycles. The van der Waals surface area contributed by atoms with E-state index in [1.165, 1.54) is 42.9 Å². The van der Waals surface area contributed by atoms with Crippen molar-refractivity contribution < 1.29 is 13.3 Å². The highest BCUT2D eigenvalue weighted by Crippen LogP contribution is 2.03. The lowest BCUT2D eigenvalue weighted by molar-refractivity contribution is -0.0218. The molecule has 0 rings (SSSR count). The molecule has 3 nitrogen and oxygen atoms in total. The van der Waals surface area contributed by atoms with E-state index in [0.717, 1.165) is 0 Å². The van der Waals surface area contributed by atoms with E-state index in [2.05, 4.69) is 46.0 Å². The van der Waals surface area contributed by atoms with E-state index in [1.54, 1.807) is 0 Å². The van der Waals surface area contributed by atoms with E-state index in [-0.39, 0.29) is 6.29 Å². The van der Waals surface area contributed by atoms with Crippen molar-refractivity contribution in [3.05, 3.63) is 22.5 Å². The largest absolute Gasteiger partial charge is 0.419 e. The Bertz CT molecular complexity index is 290. The van der Waals surface area contributed by atoms with E-state index in [0.29, 0.717) is 6.61 Å². The van der Waals surface area contributed by atoms with Gasteiger partial charge in [0, 0.05) is 0 Å². The van der Waals surface area contributed by atoms with Crippen LogP contribution in [0.25, 0.3) is 0 Å². The van der Waals surface area contributed by atoms with Crippen molar-refractivity contribution in [3.63, 3.8) is 0 Å². The highest BCUT2D eigenvalue weighted by atomic mass is 28.2. The van der Waals surface area contributed by atoms with Crippen molar-refractivity contribution in [2.45, 2.75) is 72.6 Å². The first-order chi connectivity index (χ1) is 10.6. The van der Waals surface area contributed by atoms with Gasteiger partial charge in [-0.1, -0.05) is 55.2 Å². The molecule has 0 bridgehead atoms. The zero-order valence-corrected chi connectivity index (χ0v) is 19.6. The van der Waals surface area contributed by atoms with Gasteiger partial charge in [0.15, 0.2) is 35.6 Å². The molecule has 0 unspecified atom stereocenters. The lowest BCUT2D eigenvalue weighted by Gasteiger charge is -2.18. The minimum absolute atomic E-state index is 0.132. The number of rotatable bonds is 14. The monoisotopic (exact) mass is 360 g/mol. The first-order valence-electron chi connectivity index (χ1n) is 8.64. The summed E-state index contributed by atoms with van der Waals surface area (Å²) in [5, 5.41) is 0. The molecule has 130 valence electrons. The molecule has 0 aromatic rings. The normalized spacial score (nSPS) is 13.7. The average molecular weight is 361 g/mol. The maximum atomic E-state index is 5.92. The van der Waals surface area contributed by atoms with E-state index < -0.39 is 29.3 Å². The minimum atomic E-state index is -0.632. The van der Waals surface area contributed by atoms with Gasteiger partial charge in [0.2, 0.25) is 0 Å². The summed E-state index contributed by atoms with van der Waals surface area (Å²) in [5.74, 6) is 0. The van der Waals surface area contributed by atoms with Gasteiger partial charge in [-0.15, -0.1) is 0 Å². The van der Waals surface area contributed by atoms with Gasteiger partial charge in [-0.25, -0.2) is 0 Å². The predicted octanol–water partition coefficient (Wildman–Crippen LogP) is 2.46. The first-order valence-corrected chi connectivity index (χ1v) is 13.0. The third-order valence-corrected chi connectivity index (χ3v) is 7.60. The summed E-state index contributed by atoms with van der Waals surface area (Å²) in [6.07, 6.45) is 5.20. The van der Waals surface area contributed by atoms with Crippen molar-refractivity contribution in [1.29, 1.82) is 0 Å². The Hall–Kier alpha value is 0.0106. The molecule has 0 saturated carbocycles. The molecule has 0 amide bonds. The summed E-state index contributed by atoms with van der Waals surface area (Å²) in [4.78, 5) is 0. The summed E-state index contributed by atoms with van der Waals surface area (Å²) < 4.78 is 17.7. The highest BCUT2D eigenvalue weighted by Gasteiger charge is 2.08. The second-order valence-corrected chi connectivity index (χ2v) is 9.82. The number of allylic oxidation sites excluding steroid dienone is 2. The molecule has 0 fully saturated rings. The van der Waals surface area contributed by atoms with E-state index >= 15 is 0 Å². The molecule has 0 aromatic carbocycles. The van der Waals surface area contributed by atoms with Crippen LogP contribution in [0.2, 0.25) is 6.04 Å². The smallest absolute Gasteiger partial charge is 0.188 e. The molecule has 0 N–H and O–H groups in total. The standard InChI is InChI=1S/C16H36O3Si3/c1-6-7-8-9-10-20-17-11-16(18-21-12-14(2)3)19-22-13-15(4)5/h12-13,16H,6-11,20-22H2,1-5H3. The zero-order chi connectivity index (χ0) is 16.6. The van der Waals surface area contributed by atoms with Gasteiger partial charge in [0.05, 0.1) is 6.61 Å². The maximum absolute atomic E-state index is 5.92. The van der Waals surface area contributed by atoms with Gasteiger partial charge in [0.1, 0.15) is 0 Å². The van der Waals surface area contributed by atoms with Crippen LogP contribution in [-0.2, 0) is 13.3 Å². The fourth-order valence-corrected chi connectivity index (χ4v) is 4.76. The van der Waals surface area contributed by atoms with Crippen molar-refractivity contribution in [2.24, 2.45) is 0 Å². The van der Waals surface area contributed by atoms with Crippen LogP contribution in [0.3, 0.4) is 0 Å². The van der Waals surface area contributed by atoms with Gasteiger partial charge >= 0.3 is 0 Å². The van der Waals surface area contributed by atoms with Crippen LogP contribution in [0.15, 0.2) is 22.5 Å². The van der Waals surface area contributed by atoms with Crippen molar-refractivity contribution in [1.82, 2.24) is 0 Å². The Morgan fingerprint density at radius 2 is 1.50 bits per heavy atom. The fraction of sp³-hybridized carbons (Fsp3) is 0.750. The van der Waals surface area contributed by atoms with Gasteiger partial charge in [-0.05, 0) is 33.7 Å². The molecule has 0 aromatic heterocycles. The summed E-state index contributed by atoms with van der Waals surface area (Å²) in [7, 11) is -1.66. The summed E-state index contributed by atoms with van der Waals surface area (Å²) in [6, 6.07) is 1.28. The SMILES string of the molecule is CCCCCC[SiH2]OCC(O[SiH2]C=C(C)C)O[SiH2]C=C(C)C. The molecule has 0 radical (unpaired) electrons. The van der Waals surface area contributed by atoms with Crippen LogP contribution in [-0.4, -0.2) is 42.2 Å². The van der Waals surface area contributed by atoms with Gasteiger partial charge in [-0.2, -0.15) is 0 Å². The predicted molar refractivity (Wildman–Crippen MR) is 105 cm³/mol. The van der Waals surface area contributed by atoms with E-state index in [1.807, 2.05) is 0 Å². The lowest BCUT2D eigenvalue weighted by atomic mass is 10.2. The second kappa shape index (κ2) is 15.9. The quantitative estimate of drug-likeness (QED) is 0.270. The van der Waals surface area contributed by atoms with Crippen LogP contribution in [0.5, 0.6) is 0 Å². The Kier molecular flexibility index (Phi) is 15.9. The molecule has 22 heavy (non-hydrogen) atoms. The average Bonchev–Trinajstić information content (AvgIpc) is 2.45. The molecule has 0 atom stereocenters. The van der Waals surface area contributed by atoms with Gasteiger partial charge in [0.25, 0.3) is 0 Å². The Morgan fingerprint density at radius 3 is 2.00 bits per heavy atom. The molecule has 0 heterocycles. The number of hydrogen-bond donors (Lipinski definition) is 0. The Morgan fingerprint density at radius 1 is 0.909 bits per heavy atom. The van der Waals surface area contributed by atoms with Crippen molar-refractivity contribution in [2.75, 3.05) is 6.61 Å². The van der Waals surface area contributed by atoms with Crippen LogP contribution in [0.4, 0.5) is 0 Å². The summed E-state index contributed by atoms with van der Waals surface area (Å²) in [5.41, 5.74) is 7.11. The first kappa shape index (κ1) is 22.0. The molecular formula is C16H36O3Si3. The molecule has 0 saturated heterocycles. The molecule has 0 spiro atoms. The Balaban J connectivity index is 3.90. The molecule has 0 aliphatic heterocycles. The number of unbranched alkanes of at least 4 members (excludes halogenated alkanes) is 3. The zero-order valence-electron chi connectivity index (χ0n) is 15.3. The third-order valence-electron chi connectivity index (χ3n) is 3.19. The second-order valence-electron chi connectivity index (χ2n) is 6.15. The Labute approximate surface area is 144 Å². The summed E-state index contributed by atoms with van der Waals surface area (Å²) >= 11 is 0. The van der Waals surface area contributed by atoms with Crippen LogP contribution < -0.4 is 0 Å². The topological polar surface area (TPSA) is 27.7 Å². The maximum Gasteiger partial charge on any atom is 0.188 e. The summed E-state index contributed by atoms with van der Waals surface area (Å²) in [6.45, 7) is 11.3. The number of hydrogen-bond acceptors (Lipinski definition) is 3. The molecule has 0 aliphatic rings. The van der Waals surface area contributed by atoms with Gasteiger partial charge < -0.3 is 13.3 Å². The minimum Gasteiger partial charge on any atom is -0.419 e. The van der Waals surface area contributed by atoms with Crippen molar-refractivity contribution in [3.8, 4) is 0 Å². The van der Waals surface area contributed by atoms with Crippen LogP contribution in [0.1, 0.15) is 60.3 Å². The van der Waals surface area contributed by atoms with E-state index in [9.17, 15) is 0 Å². The van der Waals surface area contributed by atoms with E-state index in [4.69, 9.17) is 13.3 Å². The highest BCUT2D eigenvalue weighted by molar-refractivity contribution is 6.35. The fourth-order valence-electron chi connectivity index (χ4n) is 1.78. The third kappa shape index (κ3) is 16.4. The molecule has 6 heteroatoms. The molecular weight excluding hydrogens is 324 g/mol. The lowest BCUT2D eigenvalue weighted by Crippen LogP contribution is -2.27. The van der Waals surface area contributed by atoms with Gasteiger partial charge in [-0.3, -0.25) is 0 Å². The van der Waals surface area contributed by atoms with Crippen molar-refractivity contribution >= 4 is 29.3 Å². The van der Waals surface area contributed by atoms with Crippen LogP contribution in [0, 0.1) is 0 Å².